The van der Waals surface area contributed by atoms with Gasteiger partial charge in [-0.15, -0.1) is 11.6 Å². The lowest BCUT2D eigenvalue weighted by Crippen LogP contribution is -2.32. The molecule has 0 aliphatic heterocycles. The van der Waals surface area contributed by atoms with Crippen LogP contribution in [0.5, 0.6) is 0 Å². The fourth-order valence-corrected chi connectivity index (χ4v) is 2.32. The fraction of sp³-hybridized carbons (Fsp3) is 0.267. The molecular weight excluding hydrogens is 326 g/mol. The van der Waals surface area contributed by atoms with E-state index in [2.05, 4.69) is 21.2 Å². The van der Waals surface area contributed by atoms with Gasteiger partial charge < -0.3 is 5.32 Å². The molecule has 19 heavy (non-hydrogen) atoms. The Morgan fingerprint density at radius 3 is 2.47 bits per heavy atom. The molecule has 0 bridgehead atoms. The molecule has 100 valence electrons. The van der Waals surface area contributed by atoms with Crippen molar-refractivity contribution in [2.24, 2.45) is 5.41 Å². The van der Waals surface area contributed by atoms with Crippen molar-refractivity contribution in [1.29, 1.82) is 0 Å². The number of carbonyl (C=O) groups excluding carboxylic acids is 1. The normalized spacial score (nSPS) is 11.6. The van der Waals surface area contributed by atoms with E-state index in [0.717, 1.165) is 20.9 Å². The standard InChI is InChI=1S/C15H15BrClNO/c1-15(2,9-17)14(19)18-13-8-7-12(16)10-5-3-4-6-11(10)13/h3-8H,9H2,1-2H3,(H,18,19). The first-order valence-corrected chi connectivity index (χ1v) is 7.33. The Balaban J connectivity index is 2.42. The van der Waals surface area contributed by atoms with Gasteiger partial charge in [0.05, 0.1) is 5.41 Å². The van der Waals surface area contributed by atoms with Crippen molar-refractivity contribution in [3.8, 4) is 0 Å². The van der Waals surface area contributed by atoms with E-state index in [0.29, 0.717) is 0 Å². The molecule has 0 atom stereocenters. The number of alkyl halides is 1. The number of benzene rings is 2. The lowest BCUT2D eigenvalue weighted by molar-refractivity contribution is -0.122. The van der Waals surface area contributed by atoms with Crippen LogP contribution in [0.2, 0.25) is 0 Å². The average molecular weight is 341 g/mol. The number of anilines is 1. The molecule has 2 aromatic rings. The Kier molecular flexibility index (Phi) is 4.16. The molecule has 0 saturated heterocycles. The lowest BCUT2D eigenvalue weighted by Gasteiger charge is -2.21. The first-order valence-electron chi connectivity index (χ1n) is 6.00. The summed E-state index contributed by atoms with van der Waals surface area (Å²) in [5.41, 5.74) is 0.220. The summed E-state index contributed by atoms with van der Waals surface area (Å²) in [6.07, 6.45) is 0. The van der Waals surface area contributed by atoms with Gasteiger partial charge in [0.25, 0.3) is 0 Å². The molecule has 1 amide bonds. The molecule has 2 rings (SSSR count). The highest BCUT2D eigenvalue weighted by molar-refractivity contribution is 9.10. The van der Waals surface area contributed by atoms with Crippen LogP contribution in [0.4, 0.5) is 5.69 Å². The number of rotatable bonds is 3. The molecule has 0 radical (unpaired) electrons. The average Bonchev–Trinajstić information content (AvgIpc) is 2.42. The molecule has 0 aliphatic rings. The van der Waals surface area contributed by atoms with Crippen molar-refractivity contribution in [2.45, 2.75) is 13.8 Å². The van der Waals surface area contributed by atoms with Crippen molar-refractivity contribution >= 4 is 49.9 Å². The van der Waals surface area contributed by atoms with Gasteiger partial charge in [-0.3, -0.25) is 4.79 Å². The Labute approximate surface area is 126 Å². The van der Waals surface area contributed by atoms with E-state index in [-0.39, 0.29) is 11.8 Å². The molecule has 0 saturated carbocycles. The first kappa shape index (κ1) is 14.4. The number of amides is 1. The van der Waals surface area contributed by atoms with E-state index >= 15 is 0 Å². The molecule has 1 N–H and O–H groups in total. The molecule has 0 spiro atoms. The van der Waals surface area contributed by atoms with Crippen molar-refractivity contribution in [3.63, 3.8) is 0 Å². The first-order chi connectivity index (χ1) is 8.95. The summed E-state index contributed by atoms with van der Waals surface area (Å²) in [7, 11) is 0. The van der Waals surface area contributed by atoms with Gasteiger partial charge >= 0.3 is 0 Å². The predicted molar refractivity (Wildman–Crippen MR) is 84.8 cm³/mol. The minimum absolute atomic E-state index is 0.0741. The van der Waals surface area contributed by atoms with Gasteiger partial charge in [-0.05, 0) is 31.4 Å². The number of nitrogens with one attached hydrogen (secondary N) is 1. The second kappa shape index (κ2) is 5.51. The summed E-state index contributed by atoms with van der Waals surface area (Å²) in [4.78, 5) is 12.2. The monoisotopic (exact) mass is 339 g/mol. The van der Waals surface area contributed by atoms with E-state index in [4.69, 9.17) is 11.6 Å². The van der Waals surface area contributed by atoms with Gasteiger partial charge in [0.15, 0.2) is 0 Å². The number of hydrogen-bond acceptors (Lipinski definition) is 1. The molecule has 0 unspecified atom stereocenters. The molecule has 0 aromatic heterocycles. The van der Waals surface area contributed by atoms with Crippen LogP contribution in [-0.2, 0) is 4.79 Å². The third-order valence-corrected chi connectivity index (χ3v) is 4.43. The zero-order valence-electron chi connectivity index (χ0n) is 10.8. The maximum absolute atomic E-state index is 12.2. The molecular formula is C15H15BrClNO. The SMILES string of the molecule is CC(C)(CCl)C(=O)Nc1ccc(Br)c2ccccc12. The fourth-order valence-electron chi connectivity index (χ4n) is 1.72. The van der Waals surface area contributed by atoms with Crippen molar-refractivity contribution in [2.75, 3.05) is 11.2 Å². The molecule has 2 nitrogen and oxygen atoms in total. The smallest absolute Gasteiger partial charge is 0.231 e. The van der Waals surface area contributed by atoms with E-state index in [1.807, 2.05) is 50.2 Å². The van der Waals surface area contributed by atoms with Crippen LogP contribution in [-0.4, -0.2) is 11.8 Å². The lowest BCUT2D eigenvalue weighted by atomic mass is 9.95. The summed E-state index contributed by atoms with van der Waals surface area (Å²) in [5, 5.41) is 5.04. The highest BCUT2D eigenvalue weighted by Gasteiger charge is 2.26. The van der Waals surface area contributed by atoms with Crippen LogP contribution >= 0.6 is 27.5 Å². The van der Waals surface area contributed by atoms with E-state index in [1.165, 1.54) is 0 Å². The number of carbonyl (C=O) groups is 1. The Bertz CT molecular complexity index is 625. The zero-order chi connectivity index (χ0) is 14.0. The van der Waals surface area contributed by atoms with Crippen LogP contribution in [0.3, 0.4) is 0 Å². The van der Waals surface area contributed by atoms with Crippen LogP contribution < -0.4 is 5.32 Å². The van der Waals surface area contributed by atoms with Gasteiger partial charge in [-0.1, -0.05) is 40.2 Å². The van der Waals surface area contributed by atoms with Crippen LogP contribution in [0.1, 0.15) is 13.8 Å². The summed E-state index contributed by atoms with van der Waals surface area (Å²) in [6.45, 7) is 3.66. The van der Waals surface area contributed by atoms with Crippen LogP contribution in [0.25, 0.3) is 10.8 Å². The van der Waals surface area contributed by atoms with Gasteiger partial charge in [-0.25, -0.2) is 0 Å². The van der Waals surface area contributed by atoms with Gasteiger partial charge in [0.1, 0.15) is 0 Å². The highest BCUT2D eigenvalue weighted by Crippen LogP contribution is 2.31. The predicted octanol–water partition coefficient (Wildman–Crippen LogP) is 4.81. The van der Waals surface area contributed by atoms with Gasteiger partial charge in [0, 0.05) is 21.4 Å². The van der Waals surface area contributed by atoms with Crippen LogP contribution in [0.15, 0.2) is 40.9 Å². The summed E-state index contributed by atoms with van der Waals surface area (Å²) < 4.78 is 1.01. The minimum Gasteiger partial charge on any atom is -0.325 e. The maximum Gasteiger partial charge on any atom is 0.231 e. The van der Waals surface area contributed by atoms with E-state index in [9.17, 15) is 4.79 Å². The third-order valence-electron chi connectivity index (χ3n) is 3.07. The van der Waals surface area contributed by atoms with Gasteiger partial charge in [0.2, 0.25) is 5.91 Å². The minimum atomic E-state index is -0.588. The highest BCUT2D eigenvalue weighted by atomic mass is 79.9. The molecule has 2 aromatic carbocycles. The second-order valence-corrected chi connectivity index (χ2v) is 6.23. The van der Waals surface area contributed by atoms with Gasteiger partial charge in [-0.2, -0.15) is 0 Å². The summed E-state index contributed by atoms with van der Waals surface area (Å²) in [6, 6.07) is 11.8. The van der Waals surface area contributed by atoms with Crippen molar-refractivity contribution in [3.05, 3.63) is 40.9 Å². The second-order valence-electron chi connectivity index (χ2n) is 5.11. The Hall–Kier alpha value is -1.06. The molecule has 4 heteroatoms. The molecule has 0 heterocycles. The Morgan fingerprint density at radius 1 is 1.21 bits per heavy atom. The number of hydrogen-bond donors (Lipinski definition) is 1. The largest absolute Gasteiger partial charge is 0.325 e. The number of halogens is 2. The van der Waals surface area contributed by atoms with E-state index in [1.54, 1.807) is 0 Å². The maximum atomic E-state index is 12.2. The number of fused-ring (bicyclic) bond motifs is 1. The van der Waals surface area contributed by atoms with Crippen molar-refractivity contribution < 1.29 is 4.79 Å². The molecule has 0 aliphatic carbocycles. The third kappa shape index (κ3) is 2.93. The Morgan fingerprint density at radius 2 is 1.84 bits per heavy atom. The van der Waals surface area contributed by atoms with E-state index < -0.39 is 5.41 Å². The quantitative estimate of drug-likeness (QED) is 0.799. The topological polar surface area (TPSA) is 29.1 Å². The zero-order valence-corrected chi connectivity index (χ0v) is 13.2. The summed E-state index contributed by atoms with van der Waals surface area (Å²) in [5.74, 6) is 0.211. The molecule has 0 fully saturated rings. The summed E-state index contributed by atoms with van der Waals surface area (Å²) >= 11 is 9.35. The van der Waals surface area contributed by atoms with Crippen LogP contribution in [0, 0.1) is 5.41 Å². The van der Waals surface area contributed by atoms with Crippen molar-refractivity contribution in [1.82, 2.24) is 0 Å².